The average Bonchev–Trinajstić information content (AvgIpc) is 2.43. The molecule has 0 radical (unpaired) electrons. The van der Waals surface area contributed by atoms with Gasteiger partial charge < -0.3 is 14.9 Å². The summed E-state index contributed by atoms with van der Waals surface area (Å²) in [6.07, 6.45) is 0. The van der Waals surface area contributed by atoms with Gasteiger partial charge in [-0.15, -0.1) is 0 Å². The van der Waals surface area contributed by atoms with Crippen LogP contribution in [0.15, 0.2) is 48.5 Å². The number of halogens is 1. The van der Waals surface area contributed by atoms with Crippen molar-refractivity contribution in [1.29, 1.82) is 0 Å². The second-order valence-electron chi connectivity index (χ2n) is 4.20. The number of para-hydroxylation sites is 1. The molecule has 0 aliphatic carbocycles. The van der Waals surface area contributed by atoms with Gasteiger partial charge >= 0.3 is 0 Å². The monoisotopic (exact) mass is 278 g/mol. The molecule has 0 aliphatic rings. The van der Waals surface area contributed by atoms with E-state index in [1.165, 1.54) is 0 Å². The fourth-order valence-corrected chi connectivity index (χ4v) is 1.93. The summed E-state index contributed by atoms with van der Waals surface area (Å²) in [5.41, 5.74) is 0.680. The molecule has 0 saturated carbocycles. The van der Waals surface area contributed by atoms with Gasteiger partial charge in [0.2, 0.25) is 0 Å². The van der Waals surface area contributed by atoms with Crippen molar-refractivity contribution in [3.63, 3.8) is 0 Å². The zero-order chi connectivity index (χ0) is 13.7. The Bertz CT molecular complexity index is 525. The lowest BCUT2D eigenvalue weighted by Gasteiger charge is -2.16. The molecule has 1 unspecified atom stereocenters. The van der Waals surface area contributed by atoms with E-state index < -0.39 is 0 Å². The molecule has 0 fully saturated rings. The molecule has 2 aromatic rings. The number of aliphatic hydroxyl groups is 1. The Kier molecular flexibility index (Phi) is 4.66. The molecule has 100 valence electrons. The number of ether oxygens (including phenoxy) is 1. The predicted octanol–water partition coefficient (Wildman–Crippen LogP) is 3.20. The molecular weight excluding hydrogens is 264 g/mol. The van der Waals surface area contributed by atoms with Gasteiger partial charge in [0.05, 0.1) is 13.2 Å². The van der Waals surface area contributed by atoms with Gasteiger partial charge in [-0.25, -0.2) is 0 Å². The SMILES string of the molecule is OCC(COc1ccc(Cl)cc1)c1ccccc1O. The number of aliphatic hydroxyl groups excluding tert-OH is 1. The van der Waals surface area contributed by atoms with Crippen LogP contribution < -0.4 is 4.74 Å². The van der Waals surface area contributed by atoms with Crippen LogP contribution in [0, 0.1) is 0 Å². The second kappa shape index (κ2) is 6.45. The van der Waals surface area contributed by atoms with E-state index in [9.17, 15) is 10.2 Å². The zero-order valence-electron chi connectivity index (χ0n) is 10.3. The maximum atomic E-state index is 9.76. The largest absolute Gasteiger partial charge is 0.508 e. The first-order valence-corrected chi connectivity index (χ1v) is 6.35. The predicted molar refractivity (Wildman–Crippen MR) is 74.9 cm³/mol. The molecule has 0 spiro atoms. The Morgan fingerprint density at radius 1 is 1.05 bits per heavy atom. The van der Waals surface area contributed by atoms with E-state index in [-0.39, 0.29) is 24.9 Å². The summed E-state index contributed by atoms with van der Waals surface area (Å²) >= 11 is 5.79. The molecule has 2 aromatic carbocycles. The van der Waals surface area contributed by atoms with E-state index in [2.05, 4.69) is 0 Å². The number of hydrogen-bond acceptors (Lipinski definition) is 3. The Hall–Kier alpha value is -1.71. The highest BCUT2D eigenvalue weighted by molar-refractivity contribution is 6.30. The third-order valence-electron chi connectivity index (χ3n) is 2.86. The highest BCUT2D eigenvalue weighted by Crippen LogP contribution is 2.26. The lowest BCUT2D eigenvalue weighted by Crippen LogP contribution is -2.14. The molecule has 2 rings (SSSR count). The quantitative estimate of drug-likeness (QED) is 0.883. The van der Waals surface area contributed by atoms with Crippen molar-refractivity contribution in [2.24, 2.45) is 0 Å². The molecule has 3 nitrogen and oxygen atoms in total. The number of hydrogen-bond donors (Lipinski definition) is 2. The van der Waals surface area contributed by atoms with E-state index in [4.69, 9.17) is 16.3 Å². The highest BCUT2D eigenvalue weighted by atomic mass is 35.5. The van der Waals surface area contributed by atoms with Crippen LogP contribution in [0.25, 0.3) is 0 Å². The molecule has 19 heavy (non-hydrogen) atoms. The van der Waals surface area contributed by atoms with Gasteiger partial charge in [-0.2, -0.15) is 0 Å². The smallest absolute Gasteiger partial charge is 0.119 e. The van der Waals surface area contributed by atoms with Crippen LogP contribution in [0.2, 0.25) is 5.02 Å². The topological polar surface area (TPSA) is 49.7 Å². The summed E-state index contributed by atoms with van der Waals surface area (Å²) in [7, 11) is 0. The molecule has 2 N–H and O–H groups in total. The summed E-state index contributed by atoms with van der Waals surface area (Å²) < 4.78 is 5.59. The van der Waals surface area contributed by atoms with Crippen molar-refractivity contribution < 1.29 is 14.9 Å². The van der Waals surface area contributed by atoms with Gasteiger partial charge in [0.15, 0.2) is 0 Å². The molecular formula is C15H15ClO3. The van der Waals surface area contributed by atoms with Gasteiger partial charge in [-0.3, -0.25) is 0 Å². The van der Waals surface area contributed by atoms with E-state index in [1.807, 2.05) is 6.07 Å². The number of rotatable bonds is 5. The lowest BCUT2D eigenvalue weighted by molar-refractivity contribution is 0.203. The van der Waals surface area contributed by atoms with Gasteiger partial charge in [-0.1, -0.05) is 29.8 Å². The van der Waals surface area contributed by atoms with E-state index in [0.717, 1.165) is 0 Å². The first-order valence-electron chi connectivity index (χ1n) is 5.98. The first kappa shape index (κ1) is 13.7. The molecule has 0 bridgehead atoms. The van der Waals surface area contributed by atoms with Crippen LogP contribution in [0.4, 0.5) is 0 Å². The van der Waals surface area contributed by atoms with Crippen molar-refractivity contribution in [3.8, 4) is 11.5 Å². The van der Waals surface area contributed by atoms with Crippen LogP contribution >= 0.6 is 11.6 Å². The third kappa shape index (κ3) is 3.63. The number of aromatic hydroxyl groups is 1. The third-order valence-corrected chi connectivity index (χ3v) is 3.11. The zero-order valence-corrected chi connectivity index (χ0v) is 11.0. The van der Waals surface area contributed by atoms with Crippen LogP contribution in [-0.4, -0.2) is 23.4 Å². The number of benzene rings is 2. The Balaban J connectivity index is 2.04. The van der Waals surface area contributed by atoms with Crippen molar-refractivity contribution >= 4 is 11.6 Å². The Labute approximate surface area is 117 Å². The summed E-state index contributed by atoms with van der Waals surface area (Å²) in [5, 5.41) is 19.8. The maximum absolute atomic E-state index is 9.76. The fraction of sp³-hybridized carbons (Fsp3) is 0.200. The number of phenolic OH excluding ortho intramolecular Hbond substituents is 1. The maximum Gasteiger partial charge on any atom is 0.119 e. The van der Waals surface area contributed by atoms with Crippen LogP contribution in [-0.2, 0) is 0 Å². The lowest BCUT2D eigenvalue weighted by atomic mass is 10.00. The van der Waals surface area contributed by atoms with Crippen molar-refractivity contribution in [3.05, 3.63) is 59.1 Å². The van der Waals surface area contributed by atoms with E-state index in [0.29, 0.717) is 16.3 Å². The van der Waals surface area contributed by atoms with Gasteiger partial charge in [-0.05, 0) is 30.3 Å². The summed E-state index contributed by atoms with van der Waals surface area (Å²) in [6, 6.07) is 14.0. The molecule has 0 heterocycles. The minimum atomic E-state index is -0.267. The summed E-state index contributed by atoms with van der Waals surface area (Å²) in [5.74, 6) is 0.580. The summed E-state index contributed by atoms with van der Waals surface area (Å²) in [6.45, 7) is 0.195. The van der Waals surface area contributed by atoms with Gasteiger partial charge in [0.25, 0.3) is 0 Å². The second-order valence-corrected chi connectivity index (χ2v) is 4.64. The van der Waals surface area contributed by atoms with Gasteiger partial charge in [0.1, 0.15) is 11.5 Å². The van der Waals surface area contributed by atoms with Crippen LogP contribution in [0.5, 0.6) is 11.5 Å². The molecule has 0 saturated heterocycles. The minimum Gasteiger partial charge on any atom is -0.508 e. The molecule has 0 aromatic heterocycles. The fourth-order valence-electron chi connectivity index (χ4n) is 1.80. The average molecular weight is 279 g/mol. The Morgan fingerprint density at radius 3 is 2.37 bits per heavy atom. The van der Waals surface area contributed by atoms with Crippen molar-refractivity contribution in [2.75, 3.05) is 13.2 Å². The minimum absolute atomic E-state index is 0.0921. The van der Waals surface area contributed by atoms with Crippen LogP contribution in [0.3, 0.4) is 0 Å². The molecule has 1 atom stereocenters. The molecule has 0 aliphatic heterocycles. The first-order chi connectivity index (χ1) is 9.20. The van der Waals surface area contributed by atoms with E-state index >= 15 is 0 Å². The number of phenols is 1. The van der Waals surface area contributed by atoms with Crippen LogP contribution in [0.1, 0.15) is 11.5 Å². The van der Waals surface area contributed by atoms with Crippen molar-refractivity contribution in [1.82, 2.24) is 0 Å². The Morgan fingerprint density at radius 2 is 1.74 bits per heavy atom. The normalized spacial score (nSPS) is 12.1. The molecule has 4 heteroatoms. The standard InChI is InChI=1S/C15H15ClO3/c16-12-5-7-13(8-6-12)19-10-11(9-17)14-3-1-2-4-15(14)18/h1-8,11,17-18H,9-10H2. The molecule has 0 amide bonds. The highest BCUT2D eigenvalue weighted by Gasteiger charge is 2.15. The summed E-state index contributed by atoms with van der Waals surface area (Å²) in [4.78, 5) is 0. The van der Waals surface area contributed by atoms with E-state index in [1.54, 1.807) is 42.5 Å². The van der Waals surface area contributed by atoms with Crippen molar-refractivity contribution in [2.45, 2.75) is 5.92 Å². The van der Waals surface area contributed by atoms with Gasteiger partial charge in [0, 0.05) is 16.5 Å².